The molecule has 0 atom stereocenters. The molecule has 29 heavy (non-hydrogen) atoms. The third-order valence-corrected chi connectivity index (χ3v) is 6.21. The second-order valence-corrected chi connectivity index (χ2v) is 8.36. The van der Waals surface area contributed by atoms with E-state index in [2.05, 4.69) is 15.5 Å². The van der Waals surface area contributed by atoms with Crippen molar-refractivity contribution in [1.29, 1.82) is 0 Å². The number of amides is 1. The number of anilines is 1. The Kier molecular flexibility index (Phi) is 4.28. The lowest BCUT2D eigenvalue weighted by atomic mass is 9.85. The normalized spacial score (nSPS) is 14.1. The number of hydrogen-bond donors (Lipinski definition) is 1. The first-order valence-electron chi connectivity index (χ1n) is 9.37. The van der Waals surface area contributed by atoms with Crippen molar-refractivity contribution >= 4 is 33.9 Å². The lowest BCUT2D eigenvalue weighted by Gasteiger charge is -2.20. The maximum absolute atomic E-state index is 12.7. The number of aromatic nitrogens is 2. The van der Waals surface area contributed by atoms with Gasteiger partial charge in [-0.2, -0.15) is 4.98 Å². The summed E-state index contributed by atoms with van der Waals surface area (Å²) in [4.78, 5) is 31.1. The number of thiophene rings is 1. The smallest absolute Gasteiger partial charge is 0.349 e. The van der Waals surface area contributed by atoms with E-state index in [9.17, 15) is 9.59 Å². The molecule has 4 aromatic rings. The van der Waals surface area contributed by atoms with Crippen LogP contribution in [0, 0.1) is 6.92 Å². The van der Waals surface area contributed by atoms with Crippen LogP contribution in [0.5, 0.6) is 0 Å². The lowest BCUT2D eigenvalue weighted by Crippen LogP contribution is -2.20. The summed E-state index contributed by atoms with van der Waals surface area (Å²) >= 11 is 1.46. The number of nitrogens with zero attached hydrogens (tertiary/aromatic N) is 2. The Bertz CT molecular complexity index is 1280. The fourth-order valence-corrected chi connectivity index (χ4v) is 4.18. The molecule has 1 N–H and O–H groups in total. The molecule has 0 bridgehead atoms. The first kappa shape index (κ1) is 17.8. The van der Waals surface area contributed by atoms with Crippen molar-refractivity contribution in [3.05, 3.63) is 63.1 Å². The van der Waals surface area contributed by atoms with Crippen LogP contribution in [0.4, 0.5) is 5.69 Å². The van der Waals surface area contributed by atoms with Gasteiger partial charge < -0.3 is 14.3 Å². The second kappa shape index (κ2) is 6.97. The largest absolute Gasteiger partial charge is 0.422 e. The molecule has 1 aliphatic rings. The average molecular weight is 407 g/mol. The van der Waals surface area contributed by atoms with Crippen LogP contribution in [0.1, 0.15) is 46.3 Å². The predicted molar refractivity (Wildman–Crippen MR) is 109 cm³/mol. The van der Waals surface area contributed by atoms with Gasteiger partial charge in [0.05, 0.1) is 10.6 Å². The standard InChI is InChI=1S/C21H17N3O4S/c1-11-15(10-17(29-11)18-23-20(28-24-18)12-6-4-7-12)22-19(25)14-9-13-5-2-3-8-16(13)27-21(14)26/h2-3,5,8-10,12H,4,6-7H2,1H3,(H,22,25). The third kappa shape index (κ3) is 3.25. The molecule has 1 amide bonds. The molecular weight excluding hydrogens is 390 g/mol. The minimum absolute atomic E-state index is 0.0392. The van der Waals surface area contributed by atoms with Crippen LogP contribution in [-0.2, 0) is 0 Å². The maximum Gasteiger partial charge on any atom is 0.349 e. The molecule has 1 fully saturated rings. The number of para-hydroxylation sites is 1. The number of carbonyl (C=O) groups is 1. The van der Waals surface area contributed by atoms with Gasteiger partial charge in [-0.25, -0.2) is 4.79 Å². The van der Waals surface area contributed by atoms with Crippen molar-refractivity contribution in [3.63, 3.8) is 0 Å². The minimum atomic E-state index is -0.669. The van der Waals surface area contributed by atoms with E-state index in [0.717, 1.165) is 22.6 Å². The highest BCUT2D eigenvalue weighted by molar-refractivity contribution is 7.16. The zero-order valence-electron chi connectivity index (χ0n) is 15.6. The molecule has 3 aromatic heterocycles. The van der Waals surface area contributed by atoms with Crippen molar-refractivity contribution in [2.75, 3.05) is 5.32 Å². The van der Waals surface area contributed by atoms with Crippen LogP contribution in [0.25, 0.3) is 21.7 Å². The molecule has 0 radical (unpaired) electrons. The Balaban J connectivity index is 1.41. The Morgan fingerprint density at radius 3 is 2.86 bits per heavy atom. The van der Waals surface area contributed by atoms with Crippen LogP contribution in [0.3, 0.4) is 0 Å². The number of nitrogens with one attached hydrogen (secondary N) is 1. The lowest BCUT2D eigenvalue weighted by molar-refractivity contribution is 0.102. The van der Waals surface area contributed by atoms with Crippen molar-refractivity contribution in [2.45, 2.75) is 32.1 Å². The summed E-state index contributed by atoms with van der Waals surface area (Å²) < 4.78 is 10.6. The SMILES string of the molecule is Cc1sc(-c2noc(C3CCC3)n2)cc1NC(=O)c1cc2ccccc2oc1=O. The molecule has 1 aromatic carbocycles. The van der Waals surface area contributed by atoms with Gasteiger partial charge in [-0.3, -0.25) is 4.79 Å². The highest BCUT2D eigenvalue weighted by Crippen LogP contribution is 2.38. The molecule has 0 spiro atoms. The zero-order chi connectivity index (χ0) is 20.0. The molecule has 3 heterocycles. The van der Waals surface area contributed by atoms with Crippen LogP contribution in [0.2, 0.25) is 0 Å². The molecular formula is C21H17N3O4S. The van der Waals surface area contributed by atoms with Gasteiger partial charge in [-0.05, 0) is 38.0 Å². The summed E-state index contributed by atoms with van der Waals surface area (Å²) in [6.07, 6.45) is 3.36. The molecule has 0 aliphatic heterocycles. The minimum Gasteiger partial charge on any atom is -0.422 e. The average Bonchev–Trinajstić information content (AvgIpc) is 3.27. The Hall–Kier alpha value is -3.26. The van der Waals surface area contributed by atoms with E-state index < -0.39 is 11.5 Å². The number of rotatable bonds is 4. The van der Waals surface area contributed by atoms with E-state index in [1.165, 1.54) is 17.8 Å². The summed E-state index contributed by atoms with van der Waals surface area (Å²) in [7, 11) is 0. The van der Waals surface area contributed by atoms with Crippen LogP contribution in [0.15, 0.2) is 50.1 Å². The van der Waals surface area contributed by atoms with E-state index in [4.69, 9.17) is 8.94 Å². The molecule has 7 nitrogen and oxygen atoms in total. The highest BCUT2D eigenvalue weighted by Gasteiger charge is 2.26. The Morgan fingerprint density at radius 1 is 1.24 bits per heavy atom. The Morgan fingerprint density at radius 2 is 2.07 bits per heavy atom. The molecule has 146 valence electrons. The second-order valence-electron chi connectivity index (χ2n) is 7.10. The summed E-state index contributed by atoms with van der Waals surface area (Å²) in [6, 6.07) is 10.4. The van der Waals surface area contributed by atoms with Gasteiger partial charge in [0.1, 0.15) is 11.1 Å². The third-order valence-electron chi connectivity index (χ3n) is 5.17. The number of carbonyl (C=O) groups excluding carboxylic acids is 1. The van der Waals surface area contributed by atoms with E-state index in [-0.39, 0.29) is 5.56 Å². The van der Waals surface area contributed by atoms with Crippen LogP contribution in [-0.4, -0.2) is 16.0 Å². The molecule has 1 saturated carbocycles. The first-order valence-corrected chi connectivity index (χ1v) is 10.2. The fourth-order valence-electron chi connectivity index (χ4n) is 3.28. The fraction of sp³-hybridized carbons (Fsp3) is 0.238. The molecule has 8 heteroatoms. The quantitative estimate of drug-likeness (QED) is 0.491. The summed E-state index contributed by atoms with van der Waals surface area (Å²) in [6.45, 7) is 1.89. The van der Waals surface area contributed by atoms with Crippen molar-refractivity contribution in [2.24, 2.45) is 0 Å². The van der Waals surface area contributed by atoms with Crippen LogP contribution >= 0.6 is 11.3 Å². The molecule has 0 saturated heterocycles. The van der Waals surface area contributed by atoms with Gasteiger partial charge in [0.25, 0.3) is 5.91 Å². The van der Waals surface area contributed by atoms with E-state index >= 15 is 0 Å². The monoisotopic (exact) mass is 407 g/mol. The maximum atomic E-state index is 12.7. The number of benzene rings is 1. The van der Waals surface area contributed by atoms with Gasteiger partial charge in [0.15, 0.2) is 0 Å². The van der Waals surface area contributed by atoms with Gasteiger partial charge in [-0.15, -0.1) is 11.3 Å². The van der Waals surface area contributed by atoms with E-state index in [1.54, 1.807) is 30.3 Å². The van der Waals surface area contributed by atoms with Gasteiger partial charge in [0.2, 0.25) is 11.7 Å². The van der Waals surface area contributed by atoms with Gasteiger partial charge in [-0.1, -0.05) is 29.8 Å². The first-order chi connectivity index (χ1) is 14.1. The summed E-state index contributed by atoms with van der Waals surface area (Å²) in [5, 5.41) is 7.57. The number of aryl methyl sites for hydroxylation is 1. The van der Waals surface area contributed by atoms with Crippen molar-refractivity contribution in [1.82, 2.24) is 10.1 Å². The summed E-state index contributed by atoms with van der Waals surface area (Å²) in [5.41, 5.74) is 0.347. The molecule has 0 unspecified atom stereocenters. The van der Waals surface area contributed by atoms with E-state index in [1.807, 2.05) is 13.0 Å². The Labute approximate surface area is 169 Å². The predicted octanol–water partition coefficient (Wildman–Crippen LogP) is 4.73. The molecule has 1 aliphatic carbocycles. The number of fused-ring (bicyclic) bond motifs is 1. The van der Waals surface area contributed by atoms with Gasteiger partial charge in [0, 0.05) is 16.2 Å². The summed E-state index contributed by atoms with van der Waals surface area (Å²) in [5.74, 6) is 1.05. The van der Waals surface area contributed by atoms with Crippen molar-refractivity contribution < 1.29 is 13.7 Å². The topological polar surface area (TPSA) is 98.2 Å². The highest BCUT2D eigenvalue weighted by atomic mass is 32.1. The zero-order valence-corrected chi connectivity index (χ0v) is 16.4. The van der Waals surface area contributed by atoms with E-state index in [0.29, 0.717) is 34.3 Å². The number of hydrogen-bond acceptors (Lipinski definition) is 7. The molecule has 5 rings (SSSR count). The van der Waals surface area contributed by atoms with Gasteiger partial charge >= 0.3 is 5.63 Å². The van der Waals surface area contributed by atoms with Crippen LogP contribution < -0.4 is 10.9 Å². The van der Waals surface area contributed by atoms with Crippen molar-refractivity contribution in [3.8, 4) is 10.7 Å².